The summed E-state index contributed by atoms with van der Waals surface area (Å²) in [5, 5.41) is 2.82. The van der Waals surface area contributed by atoms with E-state index >= 15 is 0 Å². The maximum atomic E-state index is 12.8. The molecule has 1 fully saturated rings. The fourth-order valence-corrected chi connectivity index (χ4v) is 2.03. The number of benzene rings is 1. The van der Waals surface area contributed by atoms with Crippen LogP contribution < -0.4 is 5.32 Å². The van der Waals surface area contributed by atoms with Crippen molar-refractivity contribution in [3.63, 3.8) is 0 Å². The van der Waals surface area contributed by atoms with Crippen LogP contribution in [0.5, 0.6) is 0 Å². The van der Waals surface area contributed by atoms with Gasteiger partial charge in [-0.15, -0.1) is 0 Å². The minimum atomic E-state index is -0.448. The Hall–Kier alpha value is -1.16. The molecule has 0 aliphatic heterocycles. The van der Waals surface area contributed by atoms with Crippen LogP contribution in [-0.2, 0) is 10.2 Å². The molecule has 0 unspecified atom stereocenters. The van der Waals surface area contributed by atoms with E-state index in [1.54, 1.807) is 12.1 Å². The standard InChI is InChI=1S/C13H13BrFNO/c1-9(14)8-16-12(17)13(6-7-13)10-2-4-11(15)5-3-10/h2-5H,1,6-8H2,(H,16,17). The Morgan fingerprint density at radius 1 is 1.41 bits per heavy atom. The fraction of sp³-hybridized carbons (Fsp3) is 0.308. The molecule has 1 amide bonds. The van der Waals surface area contributed by atoms with Gasteiger partial charge in [0.25, 0.3) is 0 Å². The van der Waals surface area contributed by atoms with Gasteiger partial charge < -0.3 is 5.32 Å². The van der Waals surface area contributed by atoms with E-state index in [1.165, 1.54) is 12.1 Å². The van der Waals surface area contributed by atoms with Gasteiger partial charge in [-0.05, 0) is 30.5 Å². The van der Waals surface area contributed by atoms with Gasteiger partial charge in [0.2, 0.25) is 5.91 Å². The Labute approximate surface area is 108 Å². The van der Waals surface area contributed by atoms with Gasteiger partial charge in [0.05, 0.1) is 5.41 Å². The van der Waals surface area contributed by atoms with Crippen LogP contribution in [0.25, 0.3) is 0 Å². The van der Waals surface area contributed by atoms with Crippen LogP contribution in [0.4, 0.5) is 4.39 Å². The molecule has 1 saturated carbocycles. The molecule has 90 valence electrons. The minimum absolute atomic E-state index is 0.00953. The molecule has 0 atom stereocenters. The molecule has 4 heteroatoms. The fourth-order valence-electron chi connectivity index (χ4n) is 1.89. The largest absolute Gasteiger partial charge is 0.351 e. The third kappa shape index (κ3) is 2.57. The van der Waals surface area contributed by atoms with E-state index in [0.717, 1.165) is 22.9 Å². The van der Waals surface area contributed by atoms with Gasteiger partial charge in [-0.1, -0.05) is 34.6 Å². The zero-order valence-electron chi connectivity index (χ0n) is 9.30. The molecule has 0 spiro atoms. The van der Waals surface area contributed by atoms with Crippen LogP contribution >= 0.6 is 15.9 Å². The second-order valence-electron chi connectivity index (χ2n) is 4.29. The van der Waals surface area contributed by atoms with E-state index in [-0.39, 0.29) is 11.7 Å². The van der Waals surface area contributed by atoms with Gasteiger partial charge in [-0.25, -0.2) is 4.39 Å². The number of halogens is 2. The maximum Gasteiger partial charge on any atom is 0.230 e. The van der Waals surface area contributed by atoms with Gasteiger partial charge in [0.15, 0.2) is 0 Å². The molecule has 1 aromatic carbocycles. The summed E-state index contributed by atoms with van der Waals surface area (Å²) in [5.74, 6) is -0.288. The number of nitrogens with one attached hydrogen (secondary N) is 1. The first-order valence-electron chi connectivity index (χ1n) is 5.42. The molecule has 0 bridgehead atoms. The van der Waals surface area contributed by atoms with Gasteiger partial charge in [0, 0.05) is 11.0 Å². The van der Waals surface area contributed by atoms with Crippen molar-refractivity contribution in [3.05, 3.63) is 46.7 Å². The van der Waals surface area contributed by atoms with Gasteiger partial charge in [-0.2, -0.15) is 0 Å². The molecule has 17 heavy (non-hydrogen) atoms. The summed E-state index contributed by atoms with van der Waals surface area (Å²) in [4.78, 5) is 12.1. The van der Waals surface area contributed by atoms with E-state index in [4.69, 9.17) is 0 Å². The summed E-state index contributed by atoms with van der Waals surface area (Å²) >= 11 is 3.20. The molecule has 0 radical (unpaired) electrons. The number of rotatable bonds is 4. The lowest BCUT2D eigenvalue weighted by Crippen LogP contribution is -2.35. The molecule has 0 saturated heterocycles. The van der Waals surface area contributed by atoms with Gasteiger partial charge in [0.1, 0.15) is 5.82 Å². The highest BCUT2D eigenvalue weighted by Crippen LogP contribution is 2.48. The topological polar surface area (TPSA) is 29.1 Å². The average molecular weight is 298 g/mol. The zero-order chi connectivity index (χ0) is 12.5. The lowest BCUT2D eigenvalue weighted by Gasteiger charge is -2.15. The van der Waals surface area contributed by atoms with Gasteiger partial charge in [-0.3, -0.25) is 4.79 Å². The normalized spacial score (nSPS) is 16.4. The van der Waals surface area contributed by atoms with E-state index < -0.39 is 5.41 Å². The highest BCUT2D eigenvalue weighted by Gasteiger charge is 2.50. The molecule has 2 nitrogen and oxygen atoms in total. The van der Waals surface area contributed by atoms with Crippen molar-refractivity contribution < 1.29 is 9.18 Å². The first kappa shape index (κ1) is 12.3. The Morgan fingerprint density at radius 2 is 2.00 bits per heavy atom. The van der Waals surface area contributed by atoms with Crippen molar-refractivity contribution in [2.75, 3.05) is 6.54 Å². The monoisotopic (exact) mass is 297 g/mol. The highest BCUT2D eigenvalue weighted by molar-refractivity contribution is 9.11. The number of carbonyl (C=O) groups is 1. The molecular weight excluding hydrogens is 285 g/mol. The molecule has 0 heterocycles. The molecule has 1 aliphatic carbocycles. The van der Waals surface area contributed by atoms with Gasteiger partial charge >= 0.3 is 0 Å². The quantitative estimate of drug-likeness (QED) is 0.910. The van der Waals surface area contributed by atoms with E-state index in [9.17, 15) is 9.18 Å². The third-order valence-corrected chi connectivity index (χ3v) is 3.30. The van der Waals surface area contributed by atoms with E-state index in [2.05, 4.69) is 27.8 Å². The lowest BCUT2D eigenvalue weighted by atomic mass is 9.95. The Kier molecular flexibility index (Phi) is 3.33. The number of carbonyl (C=O) groups excluding carboxylic acids is 1. The summed E-state index contributed by atoms with van der Waals surface area (Å²) in [7, 11) is 0. The number of amides is 1. The lowest BCUT2D eigenvalue weighted by molar-refractivity contribution is -0.123. The SMILES string of the molecule is C=C(Br)CNC(=O)C1(c2ccc(F)cc2)CC1. The first-order chi connectivity index (χ1) is 8.04. The Balaban J connectivity index is 2.11. The third-order valence-electron chi connectivity index (χ3n) is 3.02. The Bertz CT molecular complexity index is 451. The molecule has 1 aliphatic rings. The number of hydrogen-bond donors (Lipinski definition) is 1. The summed E-state index contributed by atoms with van der Waals surface area (Å²) < 4.78 is 13.6. The molecule has 1 aromatic rings. The van der Waals surface area contributed by atoms with Crippen LogP contribution in [-0.4, -0.2) is 12.5 Å². The minimum Gasteiger partial charge on any atom is -0.351 e. The van der Waals surface area contributed by atoms with Crippen molar-refractivity contribution in [3.8, 4) is 0 Å². The number of hydrogen-bond acceptors (Lipinski definition) is 1. The summed E-state index contributed by atoms with van der Waals surface area (Å²) in [6, 6.07) is 6.16. The molecule has 2 rings (SSSR count). The molecule has 0 aromatic heterocycles. The van der Waals surface area contributed by atoms with Crippen molar-refractivity contribution in [2.45, 2.75) is 18.3 Å². The van der Waals surface area contributed by atoms with Crippen molar-refractivity contribution >= 4 is 21.8 Å². The summed E-state index contributed by atoms with van der Waals surface area (Å²) in [6.45, 7) is 4.08. The van der Waals surface area contributed by atoms with Crippen molar-refractivity contribution in [1.29, 1.82) is 0 Å². The zero-order valence-corrected chi connectivity index (χ0v) is 10.9. The van der Waals surface area contributed by atoms with Crippen LogP contribution in [0.2, 0.25) is 0 Å². The van der Waals surface area contributed by atoms with Crippen LogP contribution in [0, 0.1) is 5.82 Å². The highest BCUT2D eigenvalue weighted by atomic mass is 79.9. The Morgan fingerprint density at radius 3 is 2.47 bits per heavy atom. The molecule has 1 N–H and O–H groups in total. The summed E-state index contributed by atoms with van der Waals surface area (Å²) in [6.07, 6.45) is 1.64. The average Bonchev–Trinajstić information content (AvgIpc) is 3.08. The van der Waals surface area contributed by atoms with E-state index in [0.29, 0.717) is 6.54 Å². The molecular formula is C13H13BrFNO. The van der Waals surface area contributed by atoms with Crippen LogP contribution in [0.1, 0.15) is 18.4 Å². The van der Waals surface area contributed by atoms with Crippen molar-refractivity contribution in [1.82, 2.24) is 5.32 Å². The maximum absolute atomic E-state index is 12.8. The van der Waals surface area contributed by atoms with E-state index in [1.807, 2.05) is 0 Å². The van der Waals surface area contributed by atoms with Crippen molar-refractivity contribution in [2.24, 2.45) is 0 Å². The second kappa shape index (κ2) is 4.61. The first-order valence-corrected chi connectivity index (χ1v) is 6.21. The van der Waals surface area contributed by atoms with Crippen LogP contribution in [0.3, 0.4) is 0 Å². The predicted molar refractivity (Wildman–Crippen MR) is 68.4 cm³/mol. The smallest absolute Gasteiger partial charge is 0.230 e. The van der Waals surface area contributed by atoms with Crippen LogP contribution in [0.15, 0.2) is 35.3 Å². The predicted octanol–water partition coefficient (Wildman–Crippen LogP) is 2.88. The summed E-state index contributed by atoms with van der Waals surface area (Å²) in [5.41, 5.74) is 0.437. The second-order valence-corrected chi connectivity index (χ2v) is 5.41.